The predicted octanol–water partition coefficient (Wildman–Crippen LogP) is 3.49. The van der Waals surface area contributed by atoms with E-state index in [0.29, 0.717) is 17.9 Å². The third-order valence-corrected chi connectivity index (χ3v) is 6.99. The van der Waals surface area contributed by atoms with E-state index in [9.17, 15) is 14.7 Å². The lowest BCUT2D eigenvalue weighted by Crippen LogP contribution is -2.95. The van der Waals surface area contributed by atoms with Crippen molar-refractivity contribution in [2.75, 3.05) is 14.2 Å². The smallest absolute Gasteiger partial charge is 0.408 e. The number of alkyl carbamates (subject to hydrolysis) is 1. The maximum atomic E-state index is 11.7. The SMILES string of the molecule is C1CCC([NH2+]C2CCCCC2)CC1.COc1ccc(CCC(NC(=O)OC(C)(C)C)C(=O)[O-])cc1OC. The summed E-state index contributed by atoms with van der Waals surface area (Å²) < 4.78 is 15.4. The summed E-state index contributed by atoms with van der Waals surface area (Å²) in [5.74, 6) is -0.217. The Bertz CT molecular complexity index is 810. The van der Waals surface area contributed by atoms with E-state index in [1.165, 1.54) is 78.4 Å². The van der Waals surface area contributed by atoms with Gasteiger partial charge in [0.25, 0.3) is 0 Å². The molecule has 8 heteroatoms. The summed E-state index contributed by atoms with van der Waals surface area (Å²) in [5, 5.41) is 16.3. The van der Waals surface area contributed by atoms with Crippen molar-refractivity contribution in [3.8, 4) is 11.5 Å². The van der Waals surface area contributed by atoms with Crippen molar-refractivity contribution in [1.82, 2.24) is 5.32 Å². The molecule has 1 unspecified atom stereocenters. The summed E-state index contributed by atoms with van der Waals surface area (Å²) in [7, 11) is 3.06. The lowest BCUT2D eigenvalue weighted by atomic mass is 9.91. The molecule has 1 aromatic carbocycles. The number of carboxylic acids is 1. The molecule has 210 valence electrons. The monoisotopic (exact) mass is 520 g/mol. The topological polar surface area (TPSA) is 114 Å². The Morgan fingerprint density at radius 3 is 1.95 bits per heavy atom. The lowest BCUT2D eigenvalue weighted by Gasteiger charge is -2.27. The van der Waals surface area contributed by atoms with Crippen molar-refractivity contribution in [2.24, 2.45) is 0 Å². The number of aryl methyl sites for hydroxylation is 1. The number of rotatable bonds is 9. The van der Waals surface area contributed by atoms with Crippen LogP contribution < -0.4 is 25.2 Å². The first-order valence-electron chi connectivity index (χ1n) is 13.9. The maximum Gasteiger partial charge on any atom is 0.408 e. The van der Waals surface area contributed by atoms with E-state index < -0.39 is 23.7 Å². The van der Waals surface area contributed by atoms with E-state index in [0.717, 1.165) is 17.6 Å². The van der Waals surface area contributed by atoms with Gasteiger partial charge < -0.3 is 34.7 Å². The highest BCUT2D eigenvalue weighted by atomic mass is 16.6. The van der Waals surface area contributed by atoms with Gasteiger partial charge in [-0.3, -0.25) is 0 Å². The number of carbonyl (C=O) groups is 2. The fourth-order valence-corrected chi connectivity index (χ4v) is 5.08. The molecule has 1 amide bonds. The van der Waals surface area contributed by atoms with Crippen LogP contribution >= 0.6 is 0 Å². The second-order valence-corrected chi connectivity index (χ2v) is 11.2. The fraction of sp³-hybridized carbons (Fsp3) is 0.724. The number of nitrogens with one attached hydrogen (secondary N) is 1. The fourth-order valence-electron chi connectivity index (χ4n) is 5.08. The Balaban J connectivity index is 0.000000308. The zero-order valence-corrected chi connectivity index (χ0v) is 23.5. The summed E-state index contributed by atoms with van der Waals surface area (Å²) >= 11 is 0. The van der Waals surface area contributed by atoms with Crippen LogP contribution in [-0.4, -0.2) is 50.0 Å². The number of amides is 1. The van der Waals surface area contributed by atoms with Gasteiger partial charge in [-0.1, -0.05) is 18.9 Å². The van der Waals surface area contributed by atoms with Crippen molar-refractivity contribution in [3.05, 3.63) is 23.8 Å². The number of methoxy groups -OCH3 is 2. The number of quaternary nitrogens is 1. The largest absolute Gasteiger partial charge is 0.548 e. The van der Waals surface area contributed by atoms with Crippen LogP contribution in [0.4, 0.5) is 4.79 Å². The van der Waals surface area contributed by atoms with Crippen LogP contribution in [0.25, 0.3) is 0 Å². The number of aliphatic carboxylic acids is 1. The highest BCUT2D eigenvalue weighted by Crippen LogP contribution is 2.28. The van der Waals surface area contributed by atoms with Gasteiger partial charge in [-0.25, -0.2) is 4.79 Å². The van der Waals surface area contributed by atoms with Gasteiger partial charge in [-0.2, -0.15) is 0 Å². The molecule has 0 radical (unpaired) electrons. The average Bonchev–Trinajstić information content (AvgIpc) is 2.86. The molecule has 0 saturated heterocycles. The van der Waals surface area contributed by atoms with Crippen molar-refractivity contribution < 1.29 is 34.2 Å². The summed E-state index contributed by atoms with van der Waals surface area (Å²) in [5.41, 5.74) is 0.147. The second-order valence-electron chi connectivity index (χ2n) is 11.2. The summed E-state index contributed by atoms with van der Waals surface area (Å²) in [6.07, 6.45) is 14.7. The van der Waals surface area contributed by atoms with Gasteiger partial charge in [-0.05, 0) is 103 Å². The van der Waals surface area contributed by atoms with E-state index in [1.807, 2.05) is 0 Å². The van der Waals surface area contributed by atoms with E-state index in [-0.39, 0.29) is 6.42 Å². The molecule has 1 atom stereocenters. The number of hydrogen-bond donors (Lipinski definition) is 2. The Hall–Kier alpha value is -2.48. The Kier molecular flexibility index (Phi) is 13.0. The van der Waals surface area contributed by atoms with Crippen molar-refractivity contribution in [2.45, 2.75) is 122 Å². The number of benzene rings is 1. The molecule has 2 fully saturated rings. The molecule has 37 heavy (non-hydrogen) atoms. The van der Waals surface area contributed by atoms with Gasteiger partial charge in [-0.15, -0.1) is 0 Å². The van der Waals surface area contributed by atoms with Crippen LogP contribution in [0.1, 0.15) is 97.0 Å². The molecule has 0 heterocycles. The first-order valence-corrected chi connectivity index (χ1v) is 13.9. The molecular formula is C29H48N2O6. The molecule has 2 aliphatic carbocycles. The molecule has 0 aromatic heterocycles. The molecule has 1 aromatic rings. The maximum absolute atomic E-state index is 11.7. The van der Waals surface area contributed by atoms with Gasteiger partial charge in [0.05, 0.1) is 38.3 Å². The molecule has 8 nitrogen and oxygen atoms in total. The van der Waals surface area contributed by atoms with E-state index in [4.69, 9.17) is 14.2 Å². The normalized spacial score (nSPS) is 17.6. The van der Waals surface area contributed by atoms with Gasteiger partial charge in [0.2, 0.25) is 0 Å². The first kappa shape index (κ1) is 30.7. The minimum Gasteiger partial charge on any atom is -0.548 e. The minimum absolute atomic E-state index is 0.164. The molecule has 2 saturated carbocycles. The van der Waals surface area contributed by atoms with Gasteiger partial charge in [0, 0.05) is 0 Å². The van der Waals surface area contributed by atoms with E-state index in [1.54, 1.807) is 39.0 Å². The number of carbonyl (C=O) groups excluding carboxylic acids is 2. The quantitative estimate of drug-likeness (QED) is 0.515. The molecule has 3 N–H and O–H groups in total. The highest BCUT2D eigenvalue weighted by Gasteiger charge is 2.23. The third kappa shape index (κ3) is 12.1. The zero-order chi connectivity index (χ0) is 27.3. The van der Waals surface area contributed by atoms with Crippen LogP contribution in [0.2, 0.25) is 0 Å². The van der Waals surface area contributed by atoms with Crippen molar-refractivity contribution in [1.29, 1.82) is 0 Å². The van der Waals surface area contributed by atoms with Crippen molar-refractivity contribution in [3.63, 3.8) is 0 Å². The predicted molar refractivity (Wildman–Crippen MR) is 142 cm³/mol. The standard InChI is InChI=1S/C17H25NO6.C12H23N/c1-17(2,3)24-16(21)18-12(15(19)20)8-6-11-7-9-13(22-4)14(10-11)23-5;1-3-7-11(8-4-1)13-12-9-5-2-6-10-12/h7,9-10,12H,6,8H2,1-5H3,(H,18,21)(H,19,20);11-13H,1-10H2. The Labute approximate surface area is 222 Å². The summed E-state index contributed by atoms with van der Waals surface area (Å²) in [6.45, 7) is 5.10. The number of carboxylic acid groups (broad SMARTS) is 1. The minimum atomic E-state index is -1.36. The average molecular weight is 521 g/mol. The van der Waals surface area contributed by atoms with Gasteiger partial charge in [0.15, 0.2) is 11.5 Å². The molecule has 0 spiro atoms. The van der Waals surface area contributed by atoms with Crippen LogP contribution in [0, 0.1) is 0 Å². The third-order valence-electron chi connectivity index (χ3n) is 6.99. The number of hydrogen-bond acceptors (Lipinski definition) is 6. The number of ether oxygens (including phenoxy) is 3. The summed E-state index contributed by atoms with van der Waals surface area (Å²) in [6, 6.07) is 6.16. The van der Waals surface area contributed by atoms with Crippen LogP contribution in [0.3, 0.4) is 0 Å². The second kappa shape index (κ2) is 15.7. The van der Waals surface area contributed by atoms with Gasteiger partial charge in [0.1, 0.15) is 5.60 Å². The Morgan fingerprint density at radius 1 is 0.946 bits per heavy atom. The molecule has 3 rings (SSSR count). The first-order chi connectivity index (χ1) is 17.6. The van der Waals surface area contributed by atoms with Crippen molar-refractivity contribution >= 4 is 12.1 Å². The molecule has 2 aliphatic rings. The van der Waals surface area contributed by atoms with E-state index in [2.05, 4.69) is 10.6 Å². The Morgan fingerprint density at radius 2 is 1.49 bits per heavy atom. The highest BCUT2D eigenvalue weighted by molar-refractivity contribution is 5.78. The van der Waals surface area contributed by atoms with Crippen LogP contribution in [-0.2, 0) is 16.0 Å². The molecular weight excluding hydrogens is 472 g/mol. The zero-order valence-electron chi connectivity index (χ0n) is 23.5. The van der Waals surface area contributed by atoms with Crippen LogP contribution in [0.15, 0.2) is 18.2 Å². The lowest BCUT2D eigenvalue weighted by molar-refractivity contribution is -0.725. The van der Waals surface area contributed by atoms with Gasteiger partial charge >= 0.3 is 6.09 Å². The summed E-state index contributed by atoms with van der Waals surface area (Å²) in [4.78, 5) is 22.9. The molecule has 0 aliphatic heterocycles. The van der Waals surface area contributed by atoms with Crippen LogP contribution in [0.5, 0.6) is 11.5 Å². The number of nitrogens with two attached hydrogens (primary N) is 1. The van der Waals surface area contributed by atoms with E-state index >= 15 is 0 Å². The molecule has 0 bridgehead atoms.